The van der Waals surface area contributed by atoms with Crippen LogP contribution in [0.3, 0.4) is 0 Å². The van der Waals surface area contributed by atoms with Gasteiger partial charge in [0.05, 0.1) is 6.10 Å². The van der Waals surface area contributed by atoms with Crippen molar-refractivity contribution in [2.24, 2.45) is 16.7 Å². The molecule has 0 aromatic rings. The average molecular weight is 251 g/mol. The van der Waals surface area contributed by atoms with Crippen LogP contribution in [0.25, 0.3) is 0 Å². The summed E-state index contributed by atoms with van der Waals surface area (Å²) in [5.41, 5.74) is 1.00. The second-order valence-corrected chi connectivity index (χ2v) is 7.83. The number of methoxy groups -OCH3 is 1. The van der Waals surface area contributed by atoms with Crippen LogP contribution in [-0.2, 0) is 4.74 Å². The van der Waals surface area contributed by atoms with Crippen LogP contribution >= 0.6 is 0 Å². The fourth-order valence-electron chi connectivity index (χ4n) is 5.33. The van der Waals surface area contributed by atoms with Crippen LogP contribution in [-0.4, -0.2) is 25.3 Å². The summed E-state index contributed by atoms with van der Waals surface area (Å²) in [6, 6.07) is 1.28. The van der Waals surface area contributed by atoms with Crippen molar-refractivity contribution in [3.63, 3.8) is 0 Å². The van der Waals surface area contributed by atoms with Crippen molar-refractivity contribution >= 4 is 0 Å². The quantitative estimate of drug-likeness (QED) is 0.830. The van der Waals surface area contributed by atoms with E-state index in [1.807, 2.05) is 7.11 Å². The van der Waals surface area contributed by atoms with Crippen molar-refractivity contribution in [3.05, 3.63) is 0 Å². The zero-order valence-electron chi connectivity index (χ0n) is 12.5. The van der Waals surface area contributed by atoms with E-state index >= 15 is 0 Å². The first-order valence-corrected chi connectivity index (χ1v) is 7.76. The third kappa shape index (κ3) is 1.76. The lowest BCUT2D eigenvalue weighted by Gasteiger charge is -2.45. The average Bonchev–Trinajstić information content (AvgIpc) is 2.95. The smallest absolute Gasteiger partial charge is 0.0724 e. The Bertz CT molecular complexity index is 322. The summed E-state index contributed by atoms with van der Waals surface area (Å²) in [5, 5.41) is 4.02. The van der Waals surface area contributed by atoms with Gasteiger partial charge in [0.2, 0.25) is 0 Å². The van der Waals surface area contributed by atoms with Crippen LogP contribution in [0.2, 0.25) is 0 Å². The van der Waals surface area contributed by atoms with Crippen LogP contribution in [0.1, 0.15) is 59.3 Å². The highest BCUT2D eigenvalue weighted by atomic mass is 16.5. The highest BCUT2D eigenvalue weighted by molar-refractivity contribution is 5.13. The second kappa shape index (κ2) is 4.21. The molecular weight excluding hydrogens is 222 g/mol. The van der Waals surface area contributed by atoms with Crippen molar-refractivity contribution in [2.75, 3.05) is 7.11 Å². The lowest BCUT2D eigenvalue weighted by molar-refractivity contribution is 0.0467. The molecule has 0 heterocycles. The van der Waals surface area contributed by atoms with E-state index in [4.69, 9.17) is 4.74 Å². The van der Waals surface area contributed by atoms with Crippen molar-refractivity contribution in [3.8, 4) is 0 Å². The molecule has 0 aromatic heterocycles. The van der Waals surface area contributed by atoms with E-state index in [-0.39, 0.29) is 0 Å². The molecule has 104 valence electrons. The van der Waals surface area contributed by atoms with Crippen LogP contribution in [0.4, 0.5) is 0 Å². The van der Waals surface area contributed by atoms with Crippen molar-refractivity contribution in [2.45, 2.75) is 77.5 Å². The topological polar surface area (TPSA) is 21.3 Å². The van der Waals surface area contributed by atoms with Crippen LogP contribution in [0, 0.1) is 16.7 Å². The maximum atomic E-state index is 5.65. The van der Waals surface area contributed by atoms with E-state index in [0.29, 0.717) is 29.0 Å². The van der Waals surface area contributed by atoms with Gasteiger partial charge in [0, 0.05) is 19.2 Å². The van der Waals surface area contributed by atoms with E-state index in [1.165, 1.54) is 38.5 Å². The minimum atomic E-state index is 0.448. The van der Waals surface area contributed by atoms with Crippen molar-refractivity contribution in [1.82, 2.24) is 5.32 Å². The maximum Gasteiger partial charge on any atom is 0.0724 e. The van der Waals surface area contributed by atoms with Gasteiger partial charge >= 0.3 is 0 Å². The minimum absolute atomic E-state index is 0.448. The van der Waals surface area contributed by atoms with E-state index in [2.05, 4.69) is 26.1 Å². The molecule has 0 radical (unpaired) electrons. The zero-order valence-corrected chi connectivity index (χ0v) is 12.5. The first kappa shape index (κ1) is 12.9. The van der Waals surface area contributed by atoms with Gasteiger partial charge in [-0.25, -0.2) is 0 Å². The Hall–Kier alpha value is -0.0800. The van der Waals surface area contributed by atoms with Crippen LogP contribution in [0.5, 0.6) is 0 Å². The van der Waals surface area contributed by atoms with Gasteiger partial charge in [-0.3, -0.25) is 0 Å². The summed E-state index contributed by atoms with van der Waals surface area (Å²) in [7, 11) is 1.87. The number of ether oxygens (including phenoxy) is 1. The Kier molecular flexibility index (Phi) is 3.02. The largest absolute Gasteiger partial charge is 0.380 e. The first-order chi connectivity index (χ1) is 8.47. The molecule has 0 aliphatic heterocycles. The van der Waals surface area contributed by atoms with Crippen LogP contribution < -0.4 is 5.32 Å². The summed E-state index contributed by atoms with van der Waals surface area (Å²) < 4.78 is 5.65. The van der Waals surface area contributed by atoms with Gasteiger partial charge in [0.25, 0.3) is 0 Å². The maximum absolute atomic E-state index is 5.65. The molecule has 3 unspecified atom stereocenters. The van der Waals surface area contributed by atoms with Gasteiger partial charge in [0.15, 0.2) is 0 Å². The molecule has 0 spiro atoms. The third-order valence-corrected chi connectivity index (χ3v) is 6.41. The Morgan fingerprint density at radius 3 is 2.50 bits per heavy atom. The van der Waals surface area contributed by atoms with Crippen molar-refractivity contribution < 1.29 is 4.74 Å². The standard InChI is InChI=1S/C16H29NO/c1-15(2)11-8-9-16(3,10-11)14(15)17-12-6-5-7-13(12)18-4/h11-14,17H,5-10H2,1-4H3/t11-,12?,13?,14?,16+/m0/s1. The molecule has 3 saturated carbocycles. The number of fused-ring (bicyclic) bond motifs is 2. The molecule has 2 bridgehead atoms. The molecule has 3 fully saturated rings. The first-order valence-electron chi connectivity index (χ1n) is 7.76. The molecule has 0 amide bonds. The molecule has 0 aromatic carbocycles. The zero-order chi connectivity index (χ0) is 13.0. The van der Waals surface area contributed by atoms with Gasteiger partial charge < -0.3 is 10.1 Å². The molecule has 0 saturated heterocycles. The SMILES string of the molecule is COC1CCCC1NC1C(C)(C)[C@H]2CC[C@]1(C)C2. The summed E-state index contributed by atoms with van der Waals surface area (Å²) in [6.45, 7) is 7.48. The molecule has 2 nitrogen and oxygen atoms in total. The molecule has 3 aliphatic rings. The van der Waals surface area contributed by atoms with Crippen LogP contribution in [0.15, 0.2) is 0 Å². The van der Waals surface area contributed by atoms with Gasteiger partial charge in [-0.1, -0.05) is 20.8 Å². The minimum Gasteiger partial charge on any atom is -0.380 e. The molecule has 2 heteroatoms. The Balaban J connectivity index is 1.76. The van der Waals surface area contributed by atoms with E-state index in [1.54, 1.807) is 0 Å². The van der Waals surface area contributed by atoms with E-state index in [0.717, 1.165) is 5.92 Å². The molecule has 18 heavy (non-hydrogen) atoms. The molecular formula is C16H29NO. The normalized spacial score (nSPS) is 50.0. The number of hydrogen-bond acceptors (Lipinski definition) is 2. The summed E-state index contributed by atoms with van der Waals surface area (Å²) in [6.07, 6.45) is 8.60. The number of rotatable bonds is 3. The predicted octanol–water partition coefficient (Wildman–Crippen LogP) is 3.36. The van der Waals surface area contributed by atoms with E-state index in [9.17, 15) is 0 Å². The van der Waals surface area contributed by atoms with Gasteiger partial charge in [-0.15, -0.1) is 0 Å². The fraction of sp³-hybridized carbons (Fsp3) is 1.00. The van der Waals surface area contributed by atoms with Gasteiger partial charge in [0.1, 0.15) is 0 Å². The molecule has 3 aliphatic carbocycles. The number of hydrogen-bond donors (Lipinski definition) is 1. The van der Waals surface area contributed by atoms with E-state index < -0.39 is 0 Å². The third-order valence-electron chi connectivity index (χ3n) is 6.41. The Morgan fingerprint density at radius 1 is 1.11 bits per heavy atom. The summed E-state index contributed by atoms with van der Waals surface area (Å²) in [5.74, 6) is 0.933. The van der Waals surface area contributed by atoms with Crippen molar-refractivity contribution in [1.29, 1.82) is 0 Å². The number of nitrogens with one attached hydrogen (secondary N) is 1. The highest BCUT2D eigenvalue weighted by Gasteiger charge is 2.59. The van der Waals surface area contributed by atoms with Gasteiger partial charge in [-0.05, 0) is 55.3 Å². The molecule has 3 rings (SSSR count). The Labute approximate surface area is 112 Å². The lowest BCUT2D eigenvalue weighted by Crippen LogP contribution is -2.55. The monoisotopic (exact) mass is 251 g/mol. The molecule has 5 atom stereocenters. The second-order valence-electron chi connectivity index (χ2n) is 7.83. The lowest BCUT2D eigenvalue weighted by atomic mass is 9.68. The summed E-state index contributed by atoms with van der Waals surface area (Å²) >= 11 is 0. The fourth-order valence-corrected chi connectivity index (χ4v) is 5.33. The Morgan fingerprint density at radius 2 is 1.89 bits per heavy atom. The predicted molar refractivity (Wildman–Crippen MR) is 74.6 cm³/mol. The van der Waals surface area contributed by atoms with Gasteiger partial charge in [-0.2, -0.15) is 0 Å². The summed E-state index contributed by atoms with van der Waals surface area (Å²) in [4.78, 5) is 0. The highest BCUT2D eigenvalue weighted by Crippen LogP contribution is 2.62. The molecule has 1 N–H and O–H groups in total.